The van der Waals surface area contributed by atoms with Crippen molar-refractivity contribution in [2.45, 2.75) is 20.3 Å². The third-order valence-electron chi connectivity index (χ3n) is 3.66. The highest BCUT2D eigenvalue weighted by Crippen LogP contribution is 2.55. The van der Waals surface area contributed by atoms with Gasteiger partial charge in [0, 0.05) is 5.56 Å². The van der Waals surface area contributed by atoms with Crippen LogP contribution < -0.4 is 9.83 Å². The molecular formula is C18H17O2P. The molecule has 106 valence electrons. The van der Waals surface area contributed by atoms with E-state index < -0.39 is 7.37 Å². The first-order valence-electron chi connectivity index (χ1n) is 7.06. The quantitative estimate of drug-likeness (QED) is 0.568. The molecule has 0 aromatic heterocycles. The molecule has 0 fully saturated rings. The second-order valence-corrected chi connectivity index (χ2v) is 7.23. The first kappa shape index (κ1) is 13.9. The highest BCUT2D eigenvalue weighted by atomic mass is 31.2. The maximum Gasteiger partial charge on any atom is 0.307 e. The Balaban J connectivity index is 2.23. The molecule has 3 rings (SSSR count). The zero-order chi connectivity index (χ0) is 14.9. The van der Waals surface area contributed by atoms with E-state index in [-0.39, 0.29) is 0 Å². The molecule has 21 heavy (non-hydrogen) atoms. The number of hydrogen-bond acceptors (Lipinski definition) is 2. The summed E-state index contributed by atoms with van der Waals surface area (Å²) in [5.74, 6) is 2.28. The van der Waals surface area contributed by atoms with Gasteiger partial charge in [0.1, 0.15) is 5.75 Å². The largest absolute Gasteiger partial charge is 0.436 e. The van der Waals surface area contributed by atoms with Crippen LogP contribution in [0.1, 0.15) is 20.3 Å². The monoisotopic (exact) mass is 296 g/mol. The van der Waals surface area contributed by atoms with Crippen molar-refractivity contribution < 1.29 is 9.09 Å². The lowest BCUT2D eigenvalue weighted by molar-refractivity contribution is 0.501. The smallest absolute Gasteiger partial charge is 0.307 e. The van der Waals surface area contributed by atoms with Crippen LogP contribution in [0, 0.1) is 0 Å². The molecule has 0 aliphatic carbocycles. The molecule has 1 heterocycles. The molecule has 3 heteroatoms. The minimum Gasteiger partial charge on any atom is -0.436 e. The van der Waals surface area contributed by atoms with Gasteiger partial charge in [0.15, 0.2) is 0 Å². The van der Waals surface area contributed by atoms with Gasteiger partial charge in [-0.25, -0.2) is 0 Å². The van der Waals surface area contributed by atoms with Crippen LogP contribution in [0.15, 0.2) is 65.7 Å². The van der Waals surface area contributed by atoms with Crippen LogP contribution in [0.3, 0.4) is 0 Å². The molecule has 0 radical (unpaired) electrons. The molecule has 0 amide bonds. The minimum atomic E-state index is -3.06. The molecule has 2 aromatic rings. The van der Waals surface area contributed by atoms with Crippen molar-refractivity contribution in [1.82, 2.24) is 0 Å². The Morgan fingerprint density at radius 1 is 1.14 bits per heavy atom. The number of hydrogen-bond donors (Lipinski definition) is 0. The predicted molar refractivity (Wildman–Crippen MR) is 87.3 cm³/mol. The van der Waals surface area contributed by atoms with Gasteiger partial charge in [0.05, 0.1) is 11.1 Å². The van der Waals surface area contributed by atoms with Gasteiger partial charge in [-0.15, -0.1) is 5.73 Å². The summed E-state index contributed by atoms with van der Waals surface area (Å²) < 4.78 is 19.2. The van der Waals surface area contributed by atoms with E-state index in [0.717, 1.165) is 28.4 Å². The summed E-state index contributed by atoms with van der Waals surface area (Å²) in [6, 6.07) is 15.4. The first-order valence-corrected chi connectivity index (χ1v) is 8.75. The van der Waals surface area contributed by atoms with Gasteiger partial charge in [0.2, 0.25) is 0 Å². The maximum absolute atomic E-state index is 13.3. The zero-order valence-corrected chi connectivity index (χ0v) is 13.1. The topological polar surface area (TPSA) is 26.3 Å². The van der Waals surface area contributed by atoms with Gasteiger partial charge in [0.25, 0.3) is 0 Å². The predicted octanol–water partition coefficient (Wildman–Crippen LogP) is 5.12. The molecule has 1 atom stereocenters. The van der Waals surface area contributed by atoms with Crippen LogP contribution in [-0.4, -0.2) is 0 Å². The molecule has 1 aliphatic heterocycles. The number of benzene rings is 2. The van der Waals surface area contributed by atoms with Crippen LogP contribution in [0.5, 0.6) is 5.75 Å². The normalized spacial score (nSPS) is 18.8. The summed E-state index contributed by atoms with van der Waals surface area (Å²) in [6.07, 6.45) is 0.884. The standard InChI is InChI=1S/C18H17O2P/c1-3-14(2)12-13-21(19)18-11-7-5-9-16(18)15-8-4-6-10-17(15)20-21/h4-11,13H,3H2,1-2H3. The first-order chi connectivity index (χ1) is 10.1. The molecule has 0 N–H and O–H groups in total. The highest BCUT2D eigenvalue weighted by molar-refractivity contribution is 7.70. The SMILES string of the molecule is CCC(C)=C=CP1(=O)Oc2ccccc2-c2ccccc21. The van der Waals surface area contributed by atoms with Gasteiger partial charge >= 0.3 is 7.37 Å². The Hall–Kier alpha value is -2.01. The van der Waals surface area contributed by atoms with Gasteiger partial charge in [-0.3, -0.25) is 4.57 Å². The number of para-hydroxylation sites is 1. The lowest BCUT2D eigenvalue weighted by atomic mass is 10.0. The number of fused-ring (bicyclic) bond motifs is 3. The third-order valence-corrected chi connectivity index (χ3v) is 5.66. The van der Waals surface area contributed by atoms with Gasteiger partial charge in [-0.05, 0) is 36.6 Å². The lowest BCUT2D eigenvalue weighted by Crippen LogP contribution is -2.15. The molecular weight excluding hydrogens is 279 g/mol. The number of rotatable bonds is 2. The van der Waals surface area contributed by atoms with E-state index >= 15 is 0 Å². The van der Waals surface area contributed by atoms with Crippen molar-refractivity contribution in [1.29, 1.82) is 0 Å². The summed E-state index contributed by atoms with van der Waals surface area (Å²) in [5.41, 5.74) is 6.15. The van der Waals surface area contributed by atoms with E-state index in [1.54, 1.807) is 5.82 Å². The van der Waals surface area contributed by atoms with Crippen molar-refractivity contribution in [3.05, 3.63) is 65.7 Å². The van der Waals surface area contributed by atoms with E-state index in [2.05, 4.69) is 12.7 Å². The van der Waals surface area contributed by atoms with E-state index in [9.17, 15) is 4.57 Å². The van der Waals surface area contributed by atoms with Gasteiger partial charge in [-0.2, -0.15) is 0 Å². The average Bonchev–Trinajstić information content (AvgIpc) is 2.53. The van der Waals surface area contributed by atoms with E-state index in [1.165, 1.54) is 0 Å². The Bertz CT molecular complexity index is 798. The van der Waals surface area contributed by atoms with Crippen LogP contribution >= 0.6 is 7.37 Å². The van der Waals surface area contributed by atoms with Crippen molar-refractivity contribution >= 4 is 12.7 Å². The summed E-state index contributed by atoms with van der Waals surface area (Å²) in [6.45, 7) is 4.03. The Labute approximate surface area is 125 Å². The molecule has 1 aliphatic rings. The molecule has 0 bridgehead atoms. The van der Waals surface area contributed by atoms with Crippen molar-refractivity contribution in [2.24, 2.45) is 0 Å². The van der Waals surface area contributed by atoms with Crippen molar-refractivity contribution in [2.75, 3.05) is 0 Å². The maximum atomic E-state index is 13.3. The van der Waals surface area contributed by atoms with Gasteiger partial charge in [-0.1, -0.05) is 43.3 Å². The van der Waals surface area contributed by atoms with E-state index in [4.69, 9.17) is 4.52 Å². The fourth-order valence-electron chi connectivity index (χ4n) is 2.33. The Kier molecular flexibility index (Phi) is 3.59. The summed E-state index contributed by atoms with van der Waals surface area (Å²) in [7, 11) is -3.06. The lowest BCUT2D eigenvalue weighted by Gasteiger charge is -2.26. The fourth-order valence-corrected chi connectivity index (χ4v) is 4.29. The Morgan fingerprint density at radius 2 is 1.81 bits per heavy atom. The molecule has 2 aromatic carbocycles. The second kappa shape index (κ2) is 5.41. The van der Waals surface area contributed by atoms with E-state index in [0.29, 0.717) is 5.75 Å². The number of allylic oxidation sites excluding steroid dienone is 1. The molecule has 0 saturated carbocycles. The van der Waals surface area contributed by atoms with Crippen LogP contribution in [0.2, 0.25) is 0 Å². The van der Waals surface area contributed by atoms with Crippen LogP contribution in [0.4, 0.5) is 0 Å². The van der Waals surface area contributed by atoms with E-state index in [1.807, 2.05) is 55.5 Å². The van der Waals surface area contributed by atoms with Crippen molar-refractivity contribution in [3.63, 3.8) is 0 Å². The van der Waals surface area contributed by atoms with Crippen LogP contribution in [-0.2, 0) is 4.57 Å². The summed E-state index contributed by atoms with van der Waals surface area (Å²) in [5, 5.41) is 0.750. The second-order valence-electron chi connectivity index (χ2n) is 5.11. The van der Waals surface area contributed by atoms with Crippen molar-refractivity contribution in [3.8, 4) is 16.9 Å². The third kappa shape index (κ3) is 2.49. The fraction of sp³-hybridized carbons (Fsp3) is 0.167. The van der Waals surface area contributed by atoms with Crippen LogP contribution in [0.25, 0.3) is 11.1 Å². The molecule has 2 nitrogen and oxygen atoms in total. The average molecular weight is 296 g/mol. The molecule has 0 spiro atoms. The zero-order valence-electron chi connectivity index (χ0n) is 12.2. The summed E-state index contributed by atoms with van der Waals surface area (Å²) >= 11 is 0. The Morgan fingerprint density at radius 3 is 2.57 bits per heavy atom. The molecule has 0 saturated heterocycles. The summed E-state index contributed by atoms with van der Waals surface area (Å²) in [4.78, 5) is 0. The highest BCUT2D eigenvalue weighted by Gasteiger charge is 2.33. The minimum absolute atomic E-state index is 0.673. The molecule has 1 unspecified atom stereocenters. The van der Waals surface area contributed by atoms with Gasteiger partial charge < -0.3 is 4.52 Å².